The molecule has 0 aliphatic carbocycles. The van der Waals surface area contributed by atoms with E-state index in [2.05, 4.69) is 10.3 Å². The van der Waals surface area contributed by atoms with Gasteiger partial charge in [0.1, 0.15) is 0 Å². The summed E-state index contributed by atoms with van der Waals surface area (Å²) in [5, 5.41) is 2.84. The zero-order valence-corrected chi connectivity index (χ0v) is 10.9. The lowest BCUT2D eigenvalue weighted by Gasteiger charge is -2.09. The van der Waals surface area contributed by atoms with Crippen molar-refractivity contribution in [2.45, 2.75) is 13.3 Å². The molecule has 1 aromatic carbocycles. The van der Waals surface area contributed by atoms with Gasteiger partial charge in [0.15, 0.2) is 0 Å². The van der Waals surface area contributed by atoms with Crippen LogP contribution in [0.25, 0.3) is 0 Å². The van der Waals surface area contributed by atoms with Gasteiger partial charge in [-0.05, 0) is 43.7 Å². The van der Waals surface area contributed by atoms with Crippen LogP contribution >= 0.6 is 0 Å². The van der Waals surface area contributed by atoms with E-state index in [4.69, 9.17) is 5.73 Å². The highest BCUT2D eigenvalue weighted by Gasteiger charge is 2.10. The average molecular weight is 255 g/mol. The second kappa shape index (κ2) is 6.11. The molecule has 0 bridgehead atoms. The second-order valence-electron chi connectivity index (χ2n) is 4.34. The number of carbonyl (C=O) groups excluding carboxylic acids is 1. The fourth-order valence-corrected chi connectivity index (χ4v) is 1.86. The Labute approximate surface area is 112 Å². The topological polar surface area (TPSA) is 68.0 Å². The minimum absolute atomic E-state index is 0.130. The maximum absolute atomic E-state index is 12.2. The molecule has 2 aromatic rings. The van der Waals surface area contributed by atoms with E-state index in [1.165, 1.54) is 0 Å². The summed E-state index contributed by atoms with van der Waals surface area (Å²) >= 11 is 0. The van der Waals surface area contributed by atoms with Gasteiger partial charge in [-0.2, -0.15) is 0 Å². The van der Waals surface area contributed by atoms with E-state index in [1.54, 1.807) is 6.20 Å². The summed E-state index contributed by atoms with van der Waals surface area (Å²) in [5.74, 6) is -0.130. The number of hydrogen-bond donors (Lipinski definition) is 2. The van der Waals surface area contributed by atoms with Gasteiger partial charge in [-0.3, -0.25) is 9.78 Å². The summed E-state index contributed by atoms with van der Waals surface area (Å²) in [6.45, 7) is 2.43. The fourth-order valence-electron chi connectivity index (χ4n) is 1.86. The van der Waals surface area contributed by atoms with Crippen molar-refractivity contribution < 1.29 is 4.79 Å². The van der Waals surface area contributed by atoms with Gasteiger partial charge in [0.2, 0.25) is 0 Å². The summed E-state index contributed by atoms with van der Waals surface area (Å²) in [4.78, 5) is 16.4. The number of benzene rings is 1. The molecule has 1 aromatic heterocycles. The summed E-state index contributed by atoms with van der Waals surface area (Å²) in [5.41, 5.74) is 8.79. The Morgan fingerprint density at radius 3 is 2.74 bits per heavy atom. The maximum atomic E-state index is 12.2. The van der Waals surface area contributed by atoms with Crippen molar-refractivity contribution in [1.29, 1.82) is 0 Å². The summed E-state index contributed by atoms with van der Waals surface area (Å²) < 4.78 is 0. The molecule has 0 saturated carbocycles. The van der Waals surface area contributed by atoms with Crippen molar-refractivity contribution in [1.82, 2.24) is 4.98 Å². The first-order chi connectivity index (χ1) is 9.20. The predicted molar refractivity (Wildman–Crippen MR) is 76.1 cm³/mol. The number of hydrogen-bond acceptors (Lipinski definition) is 3. The van der Waals surface area contributed by atoms with Gasteiger partial charge in [-0.1, -0.05) is 18.2 Å². The quantitative estimate of drug-likeness (QED) is 0.879. The number of anilines is 1. The van der Waals surface area contributed by atoms with Gasteiger partial charge < -0.3 is 11.1 Å². The molecule has 2 rings (SSSR count). The summed E-state index contributed by atoms with van der Waals surface area (Å²) in [6, 6.07) is 11.2. The van der Waals surface area contributed by atoms with Crippen LogP contribution in [0.1, 0.15) is 21.6 Å². The van der Waals surface area contributed by atoms with Crippen LogP contribution in [-0.2, 0) is 6.42 Å². The van der Waals surface area contributed by atoms with E-state index < -0.39 is 0 Å². The minimum atomic E-state index is -0.130. The molecule has 0 spiro atoms. The highest BCUT2D eigenvalue weighted by molar-refractivity contribution is 6.05. The van der Waals surface area contributed by atoms with E-state index in [9.17, 15) is 4.79 Å². The Morgan fingerprint density at radius 1 is 1.26 bits per heavy atom. The molecule has 0 atom stereocenters. The van der Waals surface area contributed by atoms with Gasteiger partial charge in [0.05, 0.1) is 11.9 Å². The van der Waals surface area contributed by atoms with E-state index in [0.717, 1.165) is 11.3 Å². The first-order valence-corrected chi connectivity index (χ1v) is 6.22. The van der Waals surface area contributed by atoms with Gasteiger partial charge >= 0.3 is 0 Å². The maximum Gasteiger partial charge on any atom is 0.255 e. The largest absolute Gasteiger partial charge is 0.330 e. The number of aromatic nitrogens is 1. The van der Waals surface area contributed by atoms with Crippen LogP contribution in [-0.4, -0.2) is 17.4 Å². The normalized spacial score (nSPS) is 10.2. The fraction of sp³-hybridized carbons (Fsp3) is 0.200. The smallest absolute Gasteiger partial charge is 0.255 e. The number of aryl methyl sites for hydroxylation is 1. The zero-order valence-electron chi connectivity index (χ0n) is 10.9. The highest BCUT2D eigenvalue weighted by Crippen LogP contribution is 2.13. The van der Waals surface area contributed by atoms with Crippen LogP contribution in [0.5, 0.6) is 0 Å². The molecule has 0 fully saturated rings. The lowest BCUT2D eigenvalue weighted by molar-refractivity contribution is 0.102. The molecule has 3 N–H and O–H groups in total. The Kier molecular flexibility index (Phi) is 4.26. The van der Waals surface area contributed by atoms with Crippen LogP contribution in [0.15, 0.2) is 42.6 Å². The van der Waals surface area contributed by atoms with Crippen molar-refractivity contribution in [3.8, 4) is 0 Å². The Balaban J connectivity index is 2.18. The van der Waals surface area contributed by atoms with Gasteiger partial charge in [-0.15, -0.1) is 0 Å². The Morgan fingerprint density at radius 2 is 2.05 bits per heavy atom. The SMILES string of the molecule is Cc1ccc(NC(=O)c2ccccc2CCN)cn1. The zero-order chi connectivity index (χ0) is 13.7. The molecule has 0 radical (unpaired) electrons. The molecule has 19 heavy (non-hydrogen) atoms. The molecular weight excluding hydrogens is 238 g/mol. The molecule has 0 saturated heterocycles. The first kappa shape index (κ1) is 13.2. The van der Waals surface area contributed by atoms with E-state index in [1.807, 2.05) is 43.3 Å². The van der Waals surface area contributed by atoms with Gasteiger partial charge in [0.25, 0.3) is 5.91 Å². The number of pyridine rings is 1. The Bertz CT molecular complexity index is 564. The first-order valence-electron chi connectivity index (χ1n) is 6.22. The second-order valence-corrected chi connectivity index (χ2v) is 4.34. The number of nitrogens with zero attached hydrogens (tertiary/aromatic N) is 1. The lowest BCUT2D eigenvalue weighted by atomic mass is 10.0. The third-order valence-electron chi connectivity index (χ3n) is 2.84. The molecule has 4 nitrogen and oxygen atoms in total. The van der Waals surface area contributed by atoms with Crippen molar-refractivity contribution in [2.75, 3.05) is 11.9 Å². The number of amides is 1. The molecule has 98 valence electrons. The lowest BCUT2D eigenvalue weighted by Crippen LogP contribution is -2.16. The van der Waals surface area contributed by atoms with E-state index >= 15 is 0 Å². The average Bonchev–Trinajstić information content (AvgIpc) is 2.42. The van der Waals surface area contributed by atoms with Gasteiger partial charge in [-0.25, -0.2) is 0 Å². The predicted octanol–water partition coefficient (Wildman–Crippen LogP) is 2.14. The van der Waals surface area contributed by atoms with Crippen molar-refractivity contribution in [2.24, 2.45) is 5.73 Å². The summed E-state index contributed by atoms with van der Waals surface area (Å²) in [6.07, 6.45) is 2.34. The summed E-state index contributed by atoms with van der Waals surface area (Å²) in [7, 11) is 0. The molecule has 1 amide bonds. The highest BCUT2D eigenvalue weighted by atomic mass is 16.1. The molecule has 1 heterocycles. The van der Waals surface area contributed by atoms with Crippen molar-refractivity contribution in [3.63, 3.8) is 0 Å². The van der Waals surface area contributed by atoms with E-state index in [-0.39, 0.29) is 5.91 Å². The molecule has 4 heteroatoms. The Hall–Kier alpha value is -2.20. The van der Waals surface area contributed by atoms with E-state index in [0.29, 0.717) is 24.2 Å². The van der Waals surface area contributed by atoms with Crippen LogP contribution in [0.4, 0.5) is 5.69 Å². The number of nitrogens with two attached hydrogens (primary N) is 1. The molecule has 0 aliphatic heterocycles. The van der Waals surface area contributed by atoms with Crippen LogP contribution in [0.3, 0.4) is 0 Å². The molecule has 0 unspecified atom stereocenters. The molecular formula is C15H17N3O. The van der Waals surface area contributed by atoms with Crippen LogP contribution in [0.2, 0.25) is 0 Å². The van der Waals surface area contributed by atoms with Gasteiger partial charge in [0, 0.05) is 11.3 Å². The molecule has 0 aliphatic rings. The van der Waals surface area contributed by atoms with Crippen LogP contribution < -0.4 is 11.1 Å². The number of rotatable bonds is 4. The number of carbonyl (C=O) groups is 1. The van der Waals surface area contributed by atoms with Crippen LogP contribution in [0, 0.1) is 6.92 Å². The third-order valence-corrected chi connectivity index (χ3v) is 2.84. The minimum Gasteiger partial charge on any atom is -0.330 e. The number of nitrogens with one attached hydrogen (secondary N) is 1. The van der Waals surface area contributed by atoms with Crippen molar-refractivity contribution >= 4 is 11.6 Å². The standard InChI is InChI=1S/C15H17N3O/c1-11-6-7-13(10-17-11)18-15(19)14-5-3-2-4-12(14)8-9-16/h2-7,10H,8-9,16H2,1H3,(H,18,19). The third kappa shape index (κ3) is 3.39. The van der Waals surface area contributed by atoms with Crippen molar-refractivity contribution in [3.05, 3.63) is 59.4 Å². The monoisotopic (exact) mass is 255 g/mol.